The summed E-state index contributed by atoms with van der Waals surface area (Å²) in [4.78, 5) is 20.4. The van der Waals surface area contributed by atoms with E-state index in [0.717, 1.165) is 42.8 Å². The third-order valence-electron chi connectivity index (χ3n) is 4.53. The first-order valence-electron chi connectivity index (χ1n) is 9.10. The SMILES string of the molecule is COC(=O)CN1CCN(c2ccc(Nc3nc(C(C)(C)C)ns3)cc2)CC1. The van der Waals surface area contributed by atoms with E-state index in [1.165, 1.54) is 24.3 Å². The van der Waals surface area contributed by atoms with Crippen molar-refractivity contribution in [3.8, 4) is 0 Å². The minimum Gasteiger partial charge on any atom is -0.468 e. The number of esters is 1. The zero-order chi connectivity index (χ0) is 19.4. The van der Waals surface area contributed by atoms with Gasteiger partial charge in [0.05, 0.1) is 13.7 Å². The van der Waals surface area contributed by atoms with Crippen molar-refractivity contribution in [2.75, 3.05) is 50.1 Å². The summed E-state index contributed by atoms with van der Waals surface area (Å²) < 4.78 is 9.17. The van der Waals surface area contributed by atoms with E-state index in [4.69, 9.17) is 4.74 Å². The fourth-order valence-electron chi connectivity index (χ4n) is 2.87. The second-order valence-electron chi connectivity index (χ2n) is 7.68. The van der Waals surface area contributed by atoms with Crippen LogP contribution >= 0.6 is 11.5 Å². The molecule has 1 aliphatic heterocycles. The van der Waals surface area contributed by atoms with Crippen molar-refractivity contribution in [3.63, 3.8) is 0 Å². The quantitative estimate of drug-likeness (QED) is 0.789. The molecular formula is C19H27N5O2S. The minimum absolute atomic E-state index is 0.0453. The van der Waals surface area contributed by atoms with Crippen LogP contribution in [0, 0.1) is 0 Å². The Morgan fingerprint density at radius 3 is 2.41 bits per heavy atom. The van der Waals surface area contributed by atoms with Gasteiger partial charge in [0.15, 0.2) is 0 Å². The lowest BCUT2D eigenvalue weighted by atomic mass is 9.96. The Kier molecular flexibility index (Phi) is 5.96. The summed E-state index contributed by atoms with van der Waals surface area (Å²) >= 11 is 1.38. The number of carbonyl (C=O) groups excluding carboxylic acids is 1. The third kappa shape index (κ3) is 5.17. The molecular weight excluding hydrogens is 362 g/mol. The highest BCUT2D eigenvalue weighted by molar-refractivity contribution is 7.09. The molecule has 2 aromatic rings. The molecule has 7 nitrogen and oxygen atoms in total. The molecule has 27 heavy (non-hydrogen) atoms. The zero-order valence-corrected chi connectivity index (χ0v) is 17.2. The van der Waals surface area contributed by atoms with Crippen molar-refractivity contribution in [1.29, 1.82) is 0 Å². The predicted molar refractivity (Wildman–Crippen MR) is 109 cm³/mol. The van der Waals surface area contributed by atoms with Gasteiger partial charge in [0, 0.05) is 54.5 Å². The Balaban J connectivity index is 1.55. The van der Waals surface area contributed by atoms with Gasteiger partial charge in [-0.3, -0.25) is 9.69 Å². The number of rotatable bonds is 5. The minimum atomic E-state index is -0.176. The van der Waals surface area contributed by atoms with E-state index in [1.807, 2.05) is 0 Å². The van der Waals surface area contributed by atoms with Crippen LogP contribution in [0.3, 0.4) is 0 Å². The molecule has 0 radical (unpaired) electrons. The molecule has 8 heteroatoms. The number of carbonyl (C=O) groups is 1. The van der Waals surface area contributed by atoms with Gasteiger partial charge in [-0.05, 0) is 24.3 Å². The van der Waals surface area contributed by atoms with E-state index in [2.05, 4.69) is 69.5 Å². The molecule has 1 aromatic carbocycles. The highest BCUT2D eigenvalue weighted by atomic mass is 32.1. The number of benzene rings is 1. The van der Waals surface area contributed by atoms with Crippen LogP contribution in [0.4, 0.5) is 16.5 Å². The Morgan fingerprint density at radius 2 is 1.85 bits per heavy atom. The molecule has 0 aliphatic carbocycles. The van der Waals surface area contributed by atoms with Gasteiger partial charge in [-0.25, -0.2) is 4.98 Å². The Morgan fingerprint density at radius 1 is 1.19 bits per heavy atom. The maximum Gasteiger partial charge on any atom is 0.319 e. The van der Waals surface area contributed by atoms with Gasteiger partial charge in [0.2, 0.25) is 5.13 Å². The van der Waals surface area contributed by atoms with Crippen molar-refractivity contribution in [2.45, 2.75) is 26.2 Å². The highest BCUT2D eigenvalue weighted by Crippen LogP contribution is 2.26. The lowest BCUT2D eigenvalue weighted by Crippen LogP contribution is -2.48. The topological polar surface area (TPSA) is 70.6 Å². The van der Waals surface area contributed by atoms with Crippen LogP contribution in [0.1, 0.15) is 26.6 Å². The second kappa shape index (κ2) is 8.22. The van der Waals surface area contributed by atoms with Crippen LogP contribution in [-0.4, -0.2) is 60.1 Å². The Bertz CT molecular complexity index is 761. The molecule has 0 saturated carbocycles. The van der Waals surface area contributed by atoms with Crippen LogP contribution in [0.15, 0.2) is 24.3 Å². The summed E-state index contributed by atoms with van der Waals surface area (Å²) in [6, 6.07) is 8.36. The van der Waals surface area contributed by atoms with Crippen LogP contribution < -0.4 is 10.2 Å². The zero-order valence-electron chi connectivity index (χ0n) is 16.4. The lowest BCUT2D eigenvalue weighted by Gasteiger charge is -2.35. The van der Waals surface area contributed by atoms with Crippen molar-refractivity contribution in [2.24, 2.45) is 0 Å². The first-order valence-corrected chi connectivity index (χ1v) is 9.88. The number of piperazine rings is 1. The predicted octanol–water partition coefficient (Wildman–Crippen LogP) is 2.87. The van der Waals surface area contributed by atoms with Crippen molar-refractivity contribution in [1.82, 2.24) is 14.3 Å². The molecule has 1 aliphatic rings. The van der Waals surface area contributed by atoms with Crippen LogP contribution in [-0.2, 0) is 14.9 Å². The average Bonchev–Trinajstić information content (AvgIpc) is 3.12. The summed E-state index contributed by atoms with van der Waals surface area (Å²) in [6.07, 6.45) is 0. The van der Waals surface area contributed by atoms with E-state index in [9.17, 15) is 4.79 Å². The summed E-state index contributed by atoms with van der Waals surface area (Å²) in [7, 11) is 1.43. The number of aromatic nitrogens is 2. The van der Waals surface area contributed by atoms with E-state index >= 15 is 0 Å². The summed E-state index contributed by atoms with van der Waals surface area (Å²) in [6.45, 7) is 10.2. The van der Waals surface area contributed by atoms with Gasteiger partial charge in [-0.1, -0.05) is 20.8 Å². The molecule has 2 heterocycles. The van der Waals surface area contributed by atoms with Gasteiger partial charge in [0.1, 0.15) is 5.82 Å². The first-order chi connectivity index (χ1) is 12.8. The number of hydrogen-bond acceptors (Lipinski definition) is 8. The maximum atomic E-state index is 11.4. The van der Waals surface area contributed by atoms with E-state index in [-0.39, 0.29) is 11.4 Å². The lowest BCUT2D eigenvalue weighted by molar-refractivity contribution is -0.142. The Labute approximate surface area is 164 Å². The number of anilines is 3. The third-order valence-corrected chi connectivity index (χ3v) is 5.16. The van der Waals surface area contributed by atoms with E-state index in [0.29, 0.717) is 6.54 Å². The van der Waals surface area contributed by atoms with Crippen LogP contribution in [0.25, 0.3) is 0 Å². The number of ether oxygens (including phenoxy) is 1. The second-order valence-corrected chi connectivity index (χ2v) is 8.44. The molecule has 3 rings (SSSR count). The fraction of sp³-hybridized carbons (Fsp3) is 0.526. The van der Waals surface area contributed by atoms with Gasteiger partial charge >= 0.3 is 5.97 Å². The molecule has 1 aromatic heterocycles. The molecule has 0 amide bonds. The smallest absolute Gasteiger partial charge is 0.319 e. The van der Waals surface area contributed by atoms with Crippen LogP contribution in [0.5, 0.6) is 0 Å². The summed E-state index contributed by atoms with van der Waals surface area (Å²) in [5.41, 5.74) is 2.14. The standard InChI is InChI=1S/C19H27N5O2S/c1-19(2,3)17-21-18(27-22-17)20-14-5-7-15(8-6-14)24-11-9-23(10-12-24)13-16(25)26-4/h5-8H,9-13H2,1-4H3,(H,20,21,22). The Hall–Kier alpha value is -2.19. The van der Waals surface area contributed by atoms with Gasteiger partial charge in [-0.2, -0.15) is 4.37 Å². The maximum absolute atomic E-state index is 11.4. The number of nitrogens with zero attached hydrogens (tertiary/aromatic N) is 4. The normalized spacial score (nSPS) is 15.6. The fourth-order valence-corrected chi connectivity index (χ4v) is 3.65. The van der Waals surface area contributed by atoms with Crippen molar-refractivity contribution < 1.29 is 9.53 Å². The summed E-state index contributed by atoms with van der Waals surface area (Å²) in [5.74, 6) is 0.682. The number of nitrogens with one attached hydrogen (secondary N) is 1. The molecule has 1 saturated heterocycles. The number of methoxy groups -OCH3 is 1. The number of hydrogen-bond donors (Lipinski definition) is 1. The largest absolute Gasteiger partial charge is 0.468 e. The van der Waals surface area contributed by atoms with Crippen molar-refractivity contribution >= 4 is 34.0 Å². The molecule has 1 fully saturated rings. The van der Waals surface area contributed by atoms with E-state index in [1.54, 1.807) is 0 Å². The monoisotopic (exact) mass is 389 g/mol. The average molecular weight is 390 g/mol. The highest BCUT2D eigenvalue weighted by Gasteiger charge is 2.20. The van der Waals surface area contributed by atoms with Gasteiger partial charge in [-0.15, -0.1) is 0 Å². The van der Waals surface area contributed by atoms with E-state index < -0.39 is 0 Å². The molecule has 0 bridgehead atoms. The first kappa shape index (κ1) is 19.6. The molecule has 0 atom stereocenters. The van der Waals surface area contributed by atoms with Gasteiger partial charge < -0.3 is 15.0 Å². The molecule has 0 unspecified atom stereocenters. The molecule has 146 valence electrons. The van der Waals surface area contributed by atoms with Crippen LogP contribution in [0.2, 0.25) is 0 Å². The molecule has 1 N–H and O–H groups in total. The summed E-state index contributed by atoms with van der Waals surface area (Å²) in [5, 5.41) is 4.14. The molecule has 0 spiro atoms. The van der Waals surface area contributed by atoms with Crippen molar-refractivity contribution in [3.05, 3.63) is 30.1 Å². The van der Waals surface area contributed by atoms with Gasteiger partial charge in [0.25, 0.3) is 0 Å².